The number of rotatable bonds is 5. The fraction of sp³-hybridized carbons (Fsp3) is 0.350. The molecule has 6 nitrogen and oxygen atoms in total. The molecule has 0 aliphatic heterocycles. The maximum absolute atomic E-state index is 13.1. The highest BCUT2D eigenvalue weighted by Gasteiger charge is 2.23. The summed E-state index contributed by atoms with van der Waals surface area (Å²) in [7, 11) is 1.82. The van der Waals surface area contributed by atoms with Crippen LogP contribution in [0.4, 0.5) is 0 Å². The zero-order valence-electron chi connectivity index (χ0n) is 16.0. The van der Waals surface area contributed by atoms with E-state index >= 15 is 0 Å². The van der Waals surface area contributed by atoms with Crippen molar-refractivity contribution in [3.63, 3.8) is 0 Å². The lowest BCUT2D eigenvalue weighted by atomic mass is 10.1. The van der Waals surface area contributed by atoms with Crippen LogP contribution in [0.25, 0.3) is 5.69 Å². The predicted octanol–water partition coefficient (Wildman–Crippen LogP) is 3.29. The zero-order valence-corrected chi connectivity index (χ0v) is 16.0. The van der Waals surface area contributed by atoms with Crippen molar-refractivity contribution in [3.8, 4) is 5.69 Å². The van der Waals surface area contributed by atoms with E-state index in [0.29, 0.717) is 12.1 Å². The quantitative estimate of drug-likeness (QED) is 0.709. The molecule has 0 aliphatic carbocycles. The molecule has 0 bridgehead atoms. The van der Waals surface area contributed by atoms with Crippen LogP contribution < -0.4 is 0 Å². The topological polar surface area (TPSA) is 56.0 Å². The lowest BCUT2D eigenvalue weighted by molar-refractivity contribution is 0.0783. The maximum Gasteiger partial charge on any atom is 0.257 e. The number of para-hydroxylation sites is 1. The fourth-order valence-corrected chi connectivity index (χ4v) is 3.25. The number of amides is 1. The largest absolute Gasteiger partial charge is 0.337 e. The van der Waals surface area contributed by atoms with Gasteiger partial charge < -0.3 is 4.90 Å². The van der Waals surface area contributed by atoms with E-state index in [4.69, 9.17) is 0 Å². The predicted molar refractivity (Wildman–Crippen MR) is 101 cm³/mol. The minimum absolute atomic E-state index is 0.0224. The molecule has 0 fully saturated rings. The number of carbonyl (C=O) groups is 1. The van der Waals surface area contributed by atoms with E-state index in [1.54, 1.807) is 4.90 Å². The second-order valence-corrected chi connectivity index (χ2v) is 6.53. The van der Waals surface area contributed by atoms with Gasteiger partial charge in [-0.05, 0) is 39.8 Å². The number of nitrogens with zero attached hydrogens (tertiary/aromatic N) is 5. The third-order valence-corrected chi connectivity index (χ3v) is 4.76. The molecule has 136 valence electrons. The molecule has 2 aromatic heterocycles. The van der Waals surface area contributed by atoms with E-state index in [0.717, 1.165) is 34.9 Å². The van der Waals surface area contributed by atoms with Gasteiger partial charge in [-0.25, -0.2) is 4.68 Å². The van der Waals surface area contributed by atoms with Crippen molar-refractivity contribution < 1.29 is 4.79 Å². The molecule has 6 heteroatoms. The van der Waals surface area contributed by atoms with Crippen molar-refractivity contribution in [2.45, 2.75) is 40.8 Å². The Balaban J connectivity index is 1.87. The van der Waals surface area contributed by atoms with Crippen LogP contribution in [0.1, 0.15) is 39.9 Å². The number of aryl methyl sites for hydroxylation is 2. The van der Waals surface area contributed by atoms with Gasteiger partial charge in [0.2, 0.25) is 0 Å². The van der Waals surface area contributed by atoms with Crippen LogP contribution in [-0.2, 0) is 13.1 Å². The summed E-state index contributed by atoms with van der Waals surface area (Å²) in [5.74, 6) is -0.0224. The number of hydrogen-bond acceptors (Lipinski definition) is 3. The normalized spacial score (nSPS) is 11.0. The second-order valence-electron chi connectivity index (χ2n) is 6.53. The van der Waals surface area contributed by atoms with Gasteiger partial charge in [-0.15, -0.1) is 0 Å². The zero-order chi connectivity index (χ0) is 18.8. The third kappa shape index (κ3) is 3.14. The van der Waals surface area contributed by atoms with Crippen LogP contribution in [0.3, 0.4) is 0 Å². The van der Waals surface area contributed by atoms with Gasteiger partial charge in [0.05, 0.1) is 28.8 Å². The Morgan fingerprint density at radius 3 is 2.42 bits per heavy atom. The first-order valence-corrected chi connectivity index (χ1v) is 8.82. The molecule has 1 aromatic carbocycles. The smallest absolute Gasteiger partial charge is 0.257 e. The average Bonchev–Trinajstić information content (AvgIpc) is 3.14. The van der Waals surface area contributed by atoms with Gasteiger partial charge in [0.15, 0.2) is 0 Å². The molecule has 0 unspecified atom stereocenters. The Hall–Kier alpha value is -2.89. The summed E-state index contributed by atoms with van der Waals surface area (Å²) in [6.45, 7) is 9.27. The van der Waals surface area contributed by atoms with Crippen molar-refractivity contribution in [2.75, 3.05) is 7.05 Å². The monoisotopic (exact) mass is 351 g/mol. The summed E-state index contributed by atoms with van der Waals surface area (Å²) < 4.78 is 3.77. The van der Waals surface area contributed by atoms with E-state index in [1.165, 1.54) is 0 Å². The standard InChI is InChI=1S/C20H25N5O/c1-6-24-15(3)17(12-21-24)13-23(5)20(26)19-14(2)22-25(16(19)4)18-10-8-7-9-11-18/h7-12H,6,13H2,1-5H3. The lowest BCUT2D eigenvalue weighted by Gasteiger charge is -2.17. The van der Waals surface area contributed by atoms with Crippen LogP contribution in [0.2, 0.25) is 0 Å². The van der Waals surface area contributed by atoms with Gasteiger partial charge in [0, 0.05) is 31.4 Å². The van der Waals surface area contributed by atoms with Gasteiger partial charge in [-0.1, -0.05) is 18.2 Å². The lowest BCUT2D eigenvalue weighted by Crippen LogP contribution is -2.27. The molecular weight excluding hydrogens is 326 g/mol. The van der Waals surface area contributed by atoms with Crippen LogP contribution in [0.5, 0.6) is 0 Å². The molecular formula is C20H25N5O. The Morgan fingerprint density at radius 1 is 1.12 bits per heavy atom. The highest BCUT2D eigenvalue weighted by atomic mass is 16.2. The maximum atomic E-state index is 13.1. The number of aromatic nitrogens is 4. The van der Waals surface area contributed by atoms with E-state index in [-0.39, 0.29) is 5.91 Å². The van der Waals surface area contributed by atoms with E-state index in [1.807, 2.05) is 73.7 Å². The van der Waals surface area contributed by atoms with Crippen LogP contribution in [0.15, 0.2) is 36.5 Å². The molecule has 0 aliphatic rings. The first kappa shape index (κ1) is 17.9. The second kappa shape index (κ2) is 7.15. The first-order valence-electron chi connectivity index (χ1n) is 8.82. The van der Waals surface area contributed by atoms with Crippen LogP contribution in [0, 0.1) is 20.8 Å². The highest BCUT2D eigenvalue weighted by Crippen LogP contribution is 2.20. The fourth-order valence-electron chi connectivity index (χ4n) is 3.25. The molecule has 0 spiro atoms. The van der Waals surface area contributed by atoms with Crippen molar-refractivity contribution in [2.24, 2.45) is 0 Å². The average molecular weight is 351 g/mol. The molecule has 0 saturated heterocycles. The molecule has 0 saturated carbocycles. The number of benzene rings is 1. The van der Waals surface area contributed by atoms with Crippen molar-refractivity contribution >= 4 is 5.91 Å². The van der Waals surface area contributed by atoms with E-state index in [2.05, 4.69) is 17.1 Å². The Labute approximate surface area is 154 Å². The Kier molecular flexibility index (Phi) is 4.93. The van der Waals surface area contributed by atoms with Gasteiger partial charge in [0.1, 0.15) is 0 Å². The molecule has 3 aromatic rings. The summed E-state index contributed by atoms with van der Waals surface area (Å²) in [6, 6.07) is 9.87. The molecule has 1 amide bonds. The SMILES string of the molecule is CCn1ncc(CN(C)C(=O)c2c(C)nn(-c3ccccc3)c2C)c1C. The highest BCUT2D eigenvalue weighted by molar-refractivity contribution is 5.96. The summed E-state index contributed by atoms with van der Waals surface area (Å²) in [5, 5.41) is 8.94. The molecule has 3 rings (SSSR count). The summed E-state index contributed by atoms with van der Waals surface area (Å²) in [6.07, 6.45) is 1.84. The van der Waals surface area contributed by atoms with Gasteiger partial charge in [-0.2, -0.15) is 10.2 Å². The van der Waals surface area contributed by atoms with Crippen LogP contribution in [-0.4, -0.2) is 37.4 Å². The molecule has 26 heavy (non-hydrogen) atoms. The van der Waals surface area contributed by atoms with Crippen molar-refractivity contribution in [1.82, 2.24) is 24.5 Å². The van der Waals surface area contributed by atoms with Gasteiger partial charge in [0.25, 0.3) is 5.91 Å². The Bertz CT molecular complexity index is 923. The molecule has 0 radical (unpaired) electrons. The summed E-state index contributed by atoms with van der Waals surface area (Å²) in [5.41, 5.74) is 5.37. The van der Waals surface area contributed by atoms with Crippen molar-refractivity contribution in [3.05, 3.63) is 64.7 Å². The minimum atomic E-state index is -0.0224. The summed E-state index contributed by atoms with van der Waals surface area (Å²) >= 11 is 0. The Morgan fingerprint density at radius 2 is 1.81 bits per heavy atom. The van der Waals surface area contributed by atoms with Crippen molar-refractivity contribution in [1.29, 1.82) is 0 Å². The third-order valence-electron chi connectivity index (χ3n) is 4.76. The van der Waals surface area contributed by atoms with Gasteiger partial charge >= 0.3 is 0 Å². The van der Waals surface area contributed by atoms with E-state index in [9.17, 15) is 4.79 Å². The summed E-state index contributed by atoms with van der Waals surface area (Å²) in [4.78, 5) is 14.8. The first-order chi connectivity index (χ1) is 12.4. The molecule has 0 atom stereocenters. The van der Waals surface area contributed by atoms with E-state index < -0.39 is 0 Å². The van der Waals surface area contributed by atoms with Crippen LogP contribution >= 0.6 is 0 Å². The number of carbonyl (C=O) groups excluding carboxylic acids is 1. The molecule has 0 N–H and O–H groups in total. The van der Waals surface area contributed by atoms with Gasteiger partial charge in [-0.3, -0.25) is 9.48 Å². The number of hydrogen-bond donors (Lipinski definition) is 0. The molecule has 2 heterocycles. The minimum Gasteiger partial charge on any atom is -0.337 e.